The number of benzene rings is 1. The Morgan fingerprint density at radius 1 is 1.22 bits per heavy atom. The lowest BCUT2D eigenvalue weighted by molar-refractivity contribution is -0.128. The van der Waals surface area contributed by atoms with Crippen LogP contribution in [0.1, 0.15) is 6.42 Å². The highest BCUT2D eigenvalue weighted by Gasteiger charge is 2.06. The maximum atomic E-state index is 11.5. The van der Waals surface area contributed by atoms with Gasteiger partial charge in [0.15, 0.2) is 0 Å². The Kier molecular flexibility index (Phi) is 3.77. The van der Waals surface area contributed by atoms with Crippen LogP contribution in [0.25, 0.3) is 11.3 Å². The molecule has 94 valence electrons. The van der Waals surface area contributed by atoms with Crippen molar-refractivity contribution in [2.24, 2.45) is 0 Å². The Morgan fingerprint density at radius 3 is 2.61 bits per heavy atom. The van der Waals surface area contributed by atoms with Crippen LogP contribution in [-0.2, 0) is 11.3 Å². The van der Waals surface area contributed by atoms with Gasteiger partial charge in [0.05, 0.1) is 5.69 Å². The summed E-state index contributed by atoms with van der Waals surface area (Å²) in [7, 11) is 3.53. The Labute approximate surface area is 107 Å². The van der Waals surface area contributed by atoms with Crippen LogP contribution in [0.15, 0.2) is 42.6 Å². The SMILES string of the molecule is CN(C)C(=O)CCn1ccc(-c2ccccc2)n1. The van der Waals surface area contributed by atoms with Crippen LogP contribution in [-0.4, -0.2) is 34.7 Å². The van der Waals surface area contributed by atoms with E-state index in [0.29, 0.717) is 13.0 Å². The van der Waals surface area contributed by atoms with Crippen molar-refractivity contribution < 1.29 is 4.79 Å². The van der Waals surface area contributed by atoms with E-state index >= 15 is 0 Å². The van der Waals surface area contributed by atoms with Gasteiger partial charge in [-0.15, -0.1) is 0 Å². The fourth-order valence-electron chi connectivity index (χ4n) is 1.68. The maximum Gasteiger partial charge on any atom is 0.223 e. The second kappa shape index (κ2) is 5.49. The number of aryl methyl sites for hydroxylation is 1. The summed E-state index contributed by atoms with van der Waals surface area (Å²) < 4.78 is 1.81. The highest BCUT2D eigenvalue weighted by atomic mass is 16.2. The lowest BCUT2D eigenvalue weighted by atomic mass is 10.2. The monoisotopic (exact) mass is 243 g/mol. The lowest BCUT2D eigenvalue weighted by Crippen LogP contribution is -2.22. The van der Waals surface area contributed by atoms with Crippen molar-refractivity contribution in [1.29, 1.82) is 0 Å². The van der Waals surface area contributed by atoms with Crippen LogP contribution in [0.4, 0.5) is 0 Å². The van der Waals surface area contributed by atoms with Gasteiger partial charge >= 0.3 is 0 Å². The molecule has 4 heteroatoms. The van der Waals surface area contributed by atoms with Gasteiger partial charge in [-0.2, -0.15) is 5.10 Å². The third kappa shape index (κ3) is 2.97. The second-order valence-electron chi connectivity index (χ2n) is 4.37. The topological polar surface area (TPSA) is 38.1 Å². The molecule has 1 heterocycles. The standard InChI is InChI=1S/C14H17N3O/c1-16(2)14(18)9-11-17-10-8-13(15-17)12-6-4-3-5-7-12/h3-8,10H,9,11H2,1-2H3. The molecule has 2 aromatic rings. The van der Waals surface area contributed by atoms with Gasteiger partial charge in [-0.3, -0.25) is 9.48 Å². The molecule has 0 aliphatic rings. The number of hydrogen-bond donors (Lipinski definition) is 0. The van der Waals surface area contributed by atoms with Crippen LogP contribution in [0, 0.1) is 0 Å². The molecule has 4 nitrogen and oxygen atoms in total. The van der Waals surface area contributed by atoms with E-state index in [0.717, 1.165) is 11.3 Å². The van der Waals surface area contributed by atoms with E-state index in [9.17, 15) is 4.79 Å². The molecule has 0 aliphatic carbocycles. The zero-order chi connectivity index (χ0) is 13.0. The summed E-state index contributed by atoms with van der Waals surface area (Å²) >= 11 is 0. The predicted molar refractivity (Wildman–Crippen MR) is 71.0 cm³/mol. The third-order valence-corrected chi connectivity index (χ3v) is 2.76. The number of aromatic nitrogens is 2. The second-order valence-corrected chi connectivity index (χ2v) is 4.37. The molecular weight excluding hydrogens is 226 g/mol. The number of hydrogen-bond acceptors (Lipinski definition) is 2. The van der Waals surface area contributed by atoms with E-state index in [-0.39, 0.29) is 5.91 Å². The van der Waals surface area contributed by atoms with Crippen molar-refractivity contribution >= 4 is 5.91 Å². The molecule has 0 bridgehead atoms. The van der Waals surface area contributed by atoms with Crippen molar-refractivity contribution in [3.05, 3.63) is 42.6 Å². The van der Waals surface area contributed by atoms with Gasteiger partial charge in [-0.05, 0) is 6.07 Å². The van der Waals surface area contributed by atoms with Crippen molar-refractivity contribution in [3.63, 3.8) is 0 Å². The minimum absolute atomic E-state index is 0.117. The van der Waals surface area contributed by atoms with Crippen molar-refractivity contribution in [2.45, 2.75) is 13.0 Å². The maximum absolute atomic E-state index is 11.5. The average molecular weight is 243 g/mol. The van der Waals surface area contributed by atoms with Gasteiger partial charge in [0, 0.05) is 38.8 Å². The van der Waals surface area contributed by atoms with Crippen molar-refractivity contribution in [3.8, 4) is 11.3 Å². The van der Waals surface area contributed by atoms with E-state index in [1.54, 1.807) is 19.0 Å². The summed E-state index contributed by atoms with van der Waals surface area (Å²) in [6.45, 7) is 0.615. The first-order valence-electron chi connectivity index (χ1n) is 5.96. The molecule has 0 aliphatic heterocycles. The highest BCUT2D eigenvalue weighted by molar-refractivity contribution is 5.75. The van der Waals surface area contributed by atoms with E-state index in [1.165, 1.54) is 0 Å². The molecule has 1 amide bonds. The first-order chi connectivity index (χ1) is 8.66. The van der Waals surface area contributed by atoms with Gasteiger partial charge in [0.2, 0.25) is 5.91 Å². The molecular formula is C14H17N3O. The normalized spacial score (nSPS) is 10.3. The molecule has 0 fully saturated rings. The minimum Gasteiger partial charge on any atom is -0.349 e. The molecule has 18 heavy (non-hydrogen) atoms. The molecule has 1 aromatic carbocycles. The molecule has 0 radical (unpaired) electrons. The molecule has 0 N–H and O–H groups in total. The first-order valence-corrected chi connectivity index (χ1v) is 5.96. The molecule has 0 atom stereocenters. The van der Waals surface area contributed by atoms with Crippen LogP contribution in [0.5, 0.6) is 0 Å². The molecule has 0 spiro atoms. The van der Waals surface area contributed by atoms with Gasteiger partial charge < -0.3 is 4.90 Å². The Balaban J connectivity index is 2.01. The first kappa shape index (κ1) is 12.4. The zero-order valence-electron chi connectivity index (χ0n) is 10.7. The van der Waals surface area contributed by atoms with Gasteiger partial charge in [-0.25, -0.2) is 0 Å². The van der Waals surface area contributed by atoms with Gasteiger partial charge in [-0.1, -0.05) is 30.3 Å². The molecule has 0 saturated carbocycles. The average Bonchev–Trinajstić information content (AvgIpc) is 2.85. The fourth-order valence-corrected chi connectivity index (χ4v) is 1.68. The Hall–Kier alpha value is -2.10. The summed E-state index contributed by atoms with van der Waals surface area (Å²) in [5.41, 5.74) is 2.03. The smallest absolute Gasteiger partial charge is 0.223 e. The largest absolute Gasteiger partial charge is 0.349 e. The quantitative estimate of drug-likeness (QED) is 0.824. The van der Waals surface area contributed by atoms with E-state index in [4.69, 9.17) is 0 Å². The summed E-state index contributed by atoms with van der Waals surface area (Å²) in [5, 5.41) is 4.46. The van der Waals surface area contributed by atoms with Crippen LogP contribution in [0.2, 0.25) is 0 Å². The molecule has 0 saturated heterocycles. The molecule has 0 unspecified atom stereocenters. The summed E-state index contributed by atoms with van der Waals surface area (Å²) in [5.74, 6) is 0.117. The van der Waals surface area contributed by atoms with Crippen LogP contribution >= 0.6 is 0 Å². The number of carbonyl (C=O) groups excluding carboxylic acids is 1. The fraction of sp³-hybridized carbons (Fsp3) is 0.286. The number of nitrogens with zero attached hydrogens (tertiary/aromatic N) is 3. The predicted octanol–water partition coefficient (Wildman–Crippen LogP) is 2.03. The van der Waals surface area contributed by atoms with E-state index in [1.807, 2.05) is 47.3 Å². The Morgan fingerprint density at radius 2 is 1.94 bits per heavy atom. The summed E-state index contributed by atoms with van der Waals surface area (Å²) in [6, 6.07) is 12.0. The van der Waals surface area contributed by atoms with Crippen LogP contribution < -0.4 is 0 Å². The van der Waals surface area contributed by atoms with Crippen molar-refractivity contribution in [1.82, 2.24) is 14.7 Å². The number of rotatable bonds is 4. The van der Waals surface area contributed by atoms with Gasteiger partial charge in [0.1, 0.15) is 0 Å². The van der Waals surface area contributed by atoms with E-state index in [2.05, 4.69) is 5.10 Å². The minimum atomic E-state index is 0.117. The Bertz CT molecular complexity index is 517. The summed E-state index contributed by atoms with van der Waals surface area (Å²) in [6.07, 6.45) is 2.38. The van der Waals surface area contributed by atoms with E-state index < -0.39 is 0 Å². The van der Waals surface area contributed by atoms with Crippen molar-refractivity contribution in [2.75, 3.05) is 14.1 Å². The molecule has 2 rings (SSSR count). The lowest BCUT2D eigenvalue weighted by Gasteiger charge is -2.09. The van der Waals surface area contributed by atoms with Crippen LogP contribution in [0.3, 0.4) is 0 Å². The molecule has 1 aromatic heterocycles. The number of amides is 1. The third-order valence-electron chi connectivity index (χ3n) is 2.76. The van der Waals surface area contributed by atoms with Gasteiger partial charge in [0.25, 0.3) is 0 Å². The zero-order valence-corrected chi connectivity index (χ0v) is 10.7. The summed E-state index contributed by atoms with van der Waals surface area (Å²) in [4.78, 5) is 13.1. The number of carbonyl (C=O) groups is 1. The highest BCUT2D eigenvalue weighted by Crippen LogP contribution is 2.15.